The third kappa shape index (κ3) is 3.11. The maximum absolute atomic E-state index is 12.5. The van der Waals surface area contributed by atoms with E-state index in [4.69, 9.17) is 0 Å². The Bertz CT molecular complexity index is 515. The molecule has 2 aliphatic heterocycles. The number of benzene rings is 1. The van der Waals surface area contributed by atoms with Gasteiger partial charge in [-0.3, -0.25) is 9.69 Å². The summed E-state index contributed by atoms with van der Waals surface area (Å²) in [6.45, 7) is 7.05. The maximum atomic E-state index is 12.5. The molecule has 0 saturated carbocycles. The van der Waals surface area contributed by atoms with E-state index in [1.54, 1.807) is 0 Å². The molecule has 1 amide bonds. The van der Waals surface area contributed by atoms with Crippen molar-refractivity contribution in [3.8, 4) is 0 Å². The van der Waals surface area contributed by atoms with Gasteiger partial charge in [0.15, 0.2) is 0 Å². The number of likely N-dealkylation sites (N-methyl/N-ethyl adjacent to an activating group) is 1. The van der Waals surface area contributed by atoms with Crippen LogP contribution in [0.2, 0.25) is 0 Å². The Kier molecular flexibility index (Phi) is 4.56. The number of rotatable bonds is 4. The van der Waals surface area contributed by atoms with Gasteiger partial charge in [0.05, 0.1) is 0 Å². The summed E-state index contributed by atoms with van der Waals surface area (Å²) < 4.78 is 0. The molecular formula is C17H25N3O. The molecule has 114 valence electrons. The fraction of sp³-hybridized carbons (Fsp3) is 0.588. The van der Waals surface area contributed by atoms with Crippen molar-refractivity contribution in [1.29, 1.82) is 0 Å². The van der Waals surface area contributed by atoms with E-state index in [0.717, 1.165) is 38.2 Å². The number of hydrogen-bond donors (Lipinski definition) is 2. The molecule has 2 N–H and O–H groups in total. The molecule has 2 aliphatic rings. The Balaban J connectivity index is 1.66. The van der Waals surface area contributed by atoms with Crippen molar-refractivity contribution in [3.63, 3.8) is 0 Å². The number of carbonyl (C=O) groups excluding carboxylic acids is 1. The van der Waals surface area contributed by atoms with Gasteiger partial charge in [-0.25, -0.2) is 0 Å². The van der Waals surface area contributed by atoms with E-state index in [1.807, 2.05) is 12.1 Å². The van der Waals surface area contributed by atoms with E-state index in [-0.39, 0.29) is 5.91 Å². The topological polar surface area (TPSA) is 44.4 Å². The van der Waals surface area contributed by atoms with Crippen LogP contribution in [0.15, 0.2) is 18.2 Å². The second kappa shape index (κ2) is 6.58. The Hall–Kier alpha value is -1.39. The molecule has 1 atom stereocenters. The van der Waals surface area contributed by atoms with Crippen molar-refractivity contribution in [2.45, 2.75) is 38.8 Å². The van der Waals surface area contributed by atoms with Gasteiger partial charge in [-0.1, -0.05) is 19.1 Å². The minimum atomic E-state index is 0.0942. The lowest BCUT2D eigenvalue weighted by Gasteiger charge is -2.24. The van der Waals surface area contributed by atoms with Crippen LogP contribution in [0.5, 0.6) is 0 Å². The smallest absolute Gasteiger partial charge is 0.251 e. The number of carbonyl (C=O) groups is 1. The summed E-state index contributed by atoms with van der Waals surface area (Å²) >= 11 is 0. The third-order valence-electron chi connectivity index (χ3n) is 4.79. The summed E-state index contributed by atoms with van der Waals surface area (Å²) in [5.41, 5.74) is 3.37. The highest BCUT2D eigenvalue weighted by Gasteiger charge is 2.24. The lowest BCUT2D eigenvalue weighted by atomic mass is 9.95. The van der Waals surface area contributed by atoms with Gasteiger partial charge in [-0.15, -0.1) is 0 Å². The van der Waals surface area contributed by atoms with Crippen molar-refractivity contribution in [2.75, 3.05) is 26.2 Å². The Morgan fingerprint density at radius 2 is 2.38 bits per heavy atom. The summed E-state index contributed by atoms with van der Waals surface area (Å²) in [4.78, 5) is 15.0. The first kappa shape index (κ1) is 14.5. The number of fused-ring (bicyclic) bond motifs is 1. The zero-order valence-corrected chi connectivity index (χ0v) is 12.8. The summed E-state index contributed by atoms with van der Waals surface area (Å²) in [6.07, 6.45) is 3.40. The van der Waals surface area contributed by atoms with Gasteiger partial charge in [0.25, 0.3) is 5.91 Å². The Labute approximate surface area is 126 Å². The van der Waals surface area contributed by atoms with E-state index in [1.165, 1.54) is 30.5 Å². The molecule has 0 aromatic heterocycles. The summed E-state index contributed by atoms with van der Waals surface area (Å²) in [5, 5.41) is 6.51. The molecule has 2 heterocycles. The number of hydrogen-bond acceptors (Lipinski definition) is 3. The molecular weight excluding hydrogens is 262 g/mol. The van der Waals surface area contributed by atoms with E-state index in [9.17, 15) is 4.79 Å². The molecule has 1 aromatic carbocycles. The van der Waals surface area contributed by atoms with Gasteiger partial charge < -0.3 is 10.6 Å². The van der Waals surface area contributed by atoms with Crippen LogP contribution in [0.1, 0.15) is 41.3 Å². The third-order valence-corrected chi connectivity index (χ3v) is 4.79. The first-order valence-electron chi connectivity index (χ1n) is 8.13. The van der Waals surface area contributed by atoms with Gasteiger partial charge in [0.1, 0.15) is 0 Å². The lowest BCUT2D eigenvalue weighted by Crippen LogP contribution is -2.40. The Morgan fingerprint density at radius 3 is 3.24 bits per heavy atom. The van der Waals surface area contributed by atoms with Crippen LogP contribution in [-0.4, -0.2) is 43.0 Å². The van der Waals surface area contributed by atoms with Crippen LogP contribution in [-0.2, 0) is 13.0 Å². The van der Waals surface area contributed by atoms with Gasteiger partial charge in [0.2, 0.25) is 0 Å². The molecule has 1 aromatic rings. The van der Waals surface area contributed by atoms with Crippen molar-refractivity contribution in [2.24, 2.45) is 0 Å². The predicted octanol–water partition coefficient (Wildman–Crippen LogP) is 1.55. The average Bonchev–Trinajstić information content (AvgIpc) is 2.99. The van der Waals surface area contributed by atoms with Gasteiger partial charge in [-0.05, 0) is 56.1 Å². The first-order valence-corrected chi connectivity index (χ1v) is 8.13. The van der Waals surface area contributed by atoms with Crippen molar-refractivity contribution >= 4 is 5.91 Å². The van der Waals surface area contributed by atoms with E-state index < -0.39 is 0 Å². The van der Waals surface area contributed by atoms with Gasteiger partial charge >= 0.3 is 0 Å². The summed E-state index contributed by atoms with van der Waals surface area (Å²) in [5.74, 6) is 0.0942. The minimum absolute atomic E-state index is 0.0942. The van der Waals surface area contributed by atoms with Crippen LogP contribution >= 0.6 is 0 Å². The molecule has 3 rings (SSSR count). The van der Waals surface area contributed by atoms with Crippen LogP contribution in [0.3, 0.4) is 0 Å². The van der Waals surface area contributed by atoms with Crippen LogP contribution in [0.25, 0.3) is 0 Å². The van der Waals surface area contributed by atoms with Crippen LogP contribution in [0.4, 0.5) is 0 Å². The van der Waals surface area contributed by atoms with Crippen molar-refractivity contribution < 1.29 is 4.79 Å². The van der Waals surface area contributed by atoms with E-state index in [0.29, 0.717) is 6.04 Å². The highest BCUT2D eigenvalue weighted by Crippen LogP contribution is 2.19. The molecule has 1 fully saturated rings. The van der Waals surface area contributed by atoms with Gasteiger partial charge in [-0.2, -0.15) is 0 Å². The second-order valence-electron chi connectivity index (χ2n) is 6.00. The van der Waals surface area contributed by atoms with E-state index in [2.05, 4.69) is 28.5 Å². The van der Waals surface area contributed by atoms with E-state index >= 15 is 0 Å². The number of nitrogens with zero attached hydrogens (tertiary/aromatic N) is 1. The largest absolute Gasteiger partial charge is 0.350 e. The van der Waals surface area contributed by atoms with Crippen LogP contribution < -0.4 is 10.6 Å². The zero-order chi connectivity index (χ0) is 14.7. The normalized spacial score (nSPS) is 22.0. The number of amides is 1. The maximum Gasteiger partial charge on any atom is 0.251 e. The zero-order valence-electron chi connectivity index (χ0n) is 12.8. The van der Waals surface area contributed by atoms with Gasteiger partial charge in [0, 0.05) is 24.7 Å². The summed E-state index contributed by atoms with van der Waals surface area (Å²) in [7, 11) is 0. The minimum Gasteiger partial charge on any atom is -0.350 e. The fourth-order valence-electron chi connectivity index (χ4n) is 3.59. The molecule has 0 radical (unpaired) electrons. The Morgan fingerprint density at radius 1 is 1.48 bits per heavy atom. The van der Waals surface area contributed by atoms with Crippen molar-refractivity contribution in [1.82, 2.24) is 15.5 Å². The second-order valence-corrected chi connectivity index (χ2v) is 6.00. The molecule has 1 unspecified atom stereocenters. The quantitative estimate of drug-likeness (QED) is 0.883. The molecule has 0 aliphatic carbocycles. The molecule has 0 bridgehead atoms. The average molecular weight is 287 g/mol. The highest BCUT2D eigenvalue weighted by molar-refractivity contribution is 5.96. The predicted molar refractivity (Wildman–Crippen MR) is 84.5 cm³/mol. The highest BCUT2D eigenvalue weighted by atomic mass is 16.1. The molecule has 4 nitrogen and oxygen atoms in total. The lowest BCUT2D eigenvalue weighted by molar-refractivity contribution is 0.0940. The van der Waals surface area contributed by atoms with Crippen LogP contribution in [0, 0.1) is 0 Å². The number of likely N-dealkylation sites (tertiary alicyclic amines) is 1. The SMILES string of the molecule is CCN1CCCC1CNC(=O)c1cccc2c1CCNC2. The molecule has 0 spiro atoms. The monoisotopic (exact) mass is 287 g/mol. The van der Waals surface area contributed by atoms with Crippen molar-refractivity contribution in [3.05, 3.63) is 34.9 Å². The molecule has 1 saturated heterocycles. The fourth-order valence-corrected chi connectivity index (χ4v) is 3.59. The number of nitrogens with one attached hydrogen (secondary N) is 2. The standard InChI is InChI=1S/C17H25N3O/c1-2-20-10-4-6-14(20)12-19-17(21)16-7-3-5-13-11-18-9-8-15(13)16/h3,5,7,14,18H,2,4,6,8-12H2,1H3,(H,19,21). The molecule has 21 heavy (non-hydrogen) atoms. The summed E-state index contributed by atoms with van der Waals surface area (Å²) in [6, 6.07) is 6.59. The molecule has 4 heteroatoms. The first-order chi connectivity index (χ1) is 10.3.